The highest BCUT2D eigenvalue weighted by atomic mass is 32.2. The van der Waals surface area contributed by atoms with Gasteiger partial charge in [-0.15, -0.1) is 0 Å². The van der Waals surface area contributed by atoms with Crippen LogP contribution in [0, 0.1) is 12.7 Å². The van der Waals surface area contributed by atoms with Crippen LogP contribution in [0.2, 0.25) is 0 Å². The third-order valence-electron chi connectivity index (χ3n) is 2.33. The number of hydrogen-bond acceptors (Lipinski definition) is 3. The normalized spacial score (nSPS) is 10.3. The standard InChI is InChI=1S/C13H10FNO2S/c1-8-11(13(16)17)6-7-12(15-8)18-10-4-2-9(14)3-5-10/h2-7H,1H3,(H,16,17). The largest absolute Gasteiger partial charge is 0.478 e. The van der Waals surface area contributed by atoms with Crippen molar-refractivity contribution in [2.75, 3.05) is 0 Å². The van der Waals surface area contributed by atoms with Gasteiger partial charge < -0.3 is 5.11 Å². The van der Waals surface area contributed by atoms with E-state index in [1.165, 1.54) is 30.0 Å². The molecule has 1 heterocycles. The molecule has 0 unspecified atom stereocenters. The molecular weight excluding hydrogens is 253 g/mol. The van der Waals surface area contributed by atoms with Crippen molar-refractivity contribution in [2.45, 2.75) is 16.8 Å². The summed E-state index contributed by atoms with van der Waals surface area (Å²) in [6, 6.07) is 9.23. The fraction of sp³-hybridized carbons (Fsp3) is 0.0769. The van der Waals surface area contributed by atoms with E-state index in [2.05, 4.69) is 4.98 Å². The minimum atomic E-state index is -0.988. The third kappa shape index (κ3) is 2.87. The lowest BCUT2D eigenvalue weighted by Gasteiger charge is -2.04. The van der Waals surface area contributed by atoms with E-state index in [0.717, 1.165) is 4.90 Å². The molecule has 5 heteroatoms. The summed E-state index contributed by atoms with van der Waals surface area (Å²) in [4.78, 5) is 15.9. The first-order valence-electron chi connectivity index (χ1n) is 5.20. The fourth-order valence-electron chi connectivity index (χ4n) is 1.44. The predicted molar refractivity (Wildman–Crippen MR) is 66.5 cm³/mol. The van der Waals surface area contributed by atoms with Crippen molar-refractivity contribution in [1.29, 1.82) is 0 Å². The van der Waals surface area contributed by atoms with Crippen molar-refractivity contribution in [3.05, 3.63) is 53.5 Å². The van der Waals surface area contributed by atoms with E-state index in [1.807, 2.05) is 0 Å². The number of nitrogens with zero attached hydrogens (tertiary/aromatic N) is 1. The van der Waals surface area contributed by atoms with Crippen LogP contribution in [0.1, 0.15) is 16.1 Å². The van der Waals surface area contributed by atoms with Gasteiger partial charge in [-0.05, 0) is 43.3 Å². The Morgan fingerprint density at radius 3 is 2.44 bits per heavy atom. The number of aryl methyl sites for hydroxylation is 1. The molecule has 18 heavy (non-hydrogen) atoms. The average Bonchev–Trinajstić information content (AvgIpc) is 2.32. The number of carboxylic acid groups (broad SMARTS) is 1. The van der Waals surface area contributed by atoms with Gasteiger partial charge in [-0.2, -0.15) is 0 Å². The van der Waals surface area contributed by atoms with Gasteiger partial charge in [0.05, 0.1) is 11.3 Å². The van der Waals surface area contributed by atoms with Crippen molar-refractivity contribution < 1.29 is 14.3 Å². The van der Waals surface area contributed by atoms with Gasteiger partial charge in [0.2, 0.25) is 0 Å². The fourth-order valence-corrected chi connectivity index (χ4v) is 2.28. The number of pyridine rings is 1. The lowest BCUT2D eigenvalue weighted by Crippen LogP contribution is -2.01. The molecule has 0 saturated heterocycles. The highest BCUT2D eigenvalue weighted by molar-refractivity contribution is 7.99. The number of rotatable bonds is 3. The third-order valence-corrected chi connectivity index (χ3v) is 3.27. The van der Waals surface area contributed by atoms with Crippen LogP contribution >= 0.6 is 11.8 Å². The molecule has 0 aliphatic rings. The summed E-state index contributed by atoms with van der Waals surface area (Å²) in [6.07, 6.45) is 0. The summed E-state index contributed by atoms with van der Waals surface area (Å²) >= 11 is 1.36. The van der Waals surface area contributed by atoms with Gasteiger partial charge in [0.1, 0.15) is 10.8 Å². The van der Waals surface area contributed by atoms with E-state index in [9.17, 15) is 9.18 Å². The summed E-state index contributed by atoms with van der Waals surface area (Å²) < 4.78 is 12.7. The van der Waals surface area contributed by atoms with Crippen molar-refractivity contribution >= 4 is 17.7 Å². The maximum atomic E-state index is 12.7. The second-order valence-corrected chi connectivity index (χ2v) is 4.74. The minimum Gasteiger partial charge on any atom is -0.478 e. The van der Waals surface area contributed by atoms with E-state index in [4.69, 9.17) is 5.11 Å². The second kappa shape index (κ2) is 5.18. The summed E-state index contributed by atoms with van der Waals surface area (Å²) in [5.41, 5.74) is 0.660. The molecule has 3 nitrogen and oxygen atoms in total. The van der Waals surface area contributed by atoms with E-state index < -0.39 is 5.97 Å². The molecule has 2 rings (SSSR count). The molecule has 0 radical (unpaired) electrons. The van der Waals surface area contributed by atoms with Gasteiger partial charge in [-0.25, -0.2) is 14.2 Å². The van der Waals surface area contributed by atoms with Gasteiger partial charge >= 0.3 is 5.97 Å². The van der Waals surface area contributed by atoms with Gasteiger partial charge in [0, 0.05) is 4.90 Å². The first-order valence-corrected chi connectivity index (χ1v) is 6.02. The SMILES string of the molecule is Cc1nc(Sc2ccc(F)cc2)ccc1C(=O)O. The lowest BCUT2D eigenvalue weighted by atomic mass is 10.2. The van der Waals surface area contributed by atoms with Crippen LogP contribution in [0.25, 0.3) is 0 Å². The molecule has 2 aromatic rings. The van der Waals surface area contributed by atoms with Crippen molar-refractivity contribution in [3.63, 3.8) is 0 Å². The maximum absolute atomic E-state index is 12.7. The van der Waals surface area contributed by atoms with Crippen LogP contribution in [-0.2, 0) is 0 Å². The molecule has 0 saturated carbocycles. The first kappa shape index (κ1) is 12.6. The molecule has 0 aliphatic heterocycles. The van der Waals surface area contributed by atoms with Crippen molar-refractivity contribution in [3.8, 4) is 0 Å². The van der Waals surface area contributed by atoms with E-state index in [1.54, 1.807) is 25.1 Å². The van der Waals surface area contributed by atoms with Crippen LogP contribution in [-0.4, -0.2) is 16.1 Å². The zero-order valence-corrected chi connectivity index (χ0v) is 10.4. The Hall–Kier alpha value is -1.88. The Bertz CT molecular complexity index is 584. The van der Waals surface area contributed by atoms with Crippen LogP contribution in [0.3, 0.4) is 0 Å². The Labute approximate surface area is 108 Å². The molecule has 0 spiro atoms. The lowest BCUT2D eigenvalue weighted by molar-refractivity contribution is 0.0695. The van der Waals surface area contributed by atoms with Crippen molar-refractivity contribution in [1.82, 2.24) is 4.98 Å². The molecule has 1 aromatic carbocycles. The molecule has 92 valence electrons. The topological polar surface area (TPSA) is 50.2 Å². The smallest absolute Gasteiger partial charge is 0.337 e. The monoisotopic (exact) mass is 263 g/mol. The molecule has 0 aliphatic carbocycles. The number of aromatic nitrogens is 1. The molecule has 0 bridgehead atoms. The number of carbonyl (C=O) groups is 1. The zero-order chi connectivity index (χ0) is 13.1. The van der Waals surface area contributed by atoms with Gasteiger partial charge in [-0.1, -0.05) is 11.8 Å². The quantitative estimate of drug-likeness (QED) is 0.922. The van der Waals surface area contributed by atoms with E-state index in [-0.39, 0.29) is 11.4 Å². The summed E-state index contributed by atoms with van der Waals surface area (Å²) in [7, 11) is 0. The first-order chi connectivity index (χ1) is 8.56. The summed E-state index contributed by atoms with van der Waals surface area (Å²) in [6.45, 7) is 1.65. The van der Waals surface area contributed by atoms with Crippen molar-refractivity contribution in [2.24, 2.45) is 0 Å². The van der Waals surface area contributed by atoms with Crippen LogP contribution in [0.15, 0.2) is 46.3 Å². The molecule has 0 amide bonds. The van der Waals surface area contributed by atoms with E-state index in [0.29, 0.717) is 10.7 Å². The highest BCUT2D eigenvalue weighted by Crippen LogP contribution is 2.26. The van der Waals surface area contributed by atoms with Crippen LogP contribution in [0.5, 0.6) is 0 Å². The van der Waals surface area contributed by atoms with Gasteiger partial charge in [0.25, 0.3) is 0 Å². The maximum Gasteiger partial charge on any atom is 0.337 e. The minimum absolute atomic E-state index is 0.193. The Morgan fingerprint density at radius 1 is 1.22 bits per heavy atom. The molecule has 0 atom stereocenters. The molecule has 0 fully saturated rings. The van der Waals surface area contributed by atoms with Crippen LogP contribution in [0.4, 0.5) is 4.39 Å². The Morgan fingerprint density at radius 2 is 1.89 bits per heavy atom. The summed E-state index contributed by atoms with van der Waals surface area (Å²) in [5.74, 6) is -1.27. The number of halogens is 1. The highest BCUT2D eigenvalue weighted by Gasteiger charge is 2.09. The number of hydrogen-bond donors (Lipinski definition) is 1. The predicted octanol–water partition coefficient (Wildman–Crippen LogP) is 3.38. The van der Waals surface area contributed by atoms with E-state index >= 15 is 0 Å². The average molecular weight is 263 g/mol. The van der Waals surface area contributed by atoms with Gasteiger partial charge in [-0.3, -0.25) is 0 Å². The number of carboxylic acids is 1. The Kier molecular flexibility index (Phi) is 3.62. The number of benzene rings is 1. The number of aromatic carboxylic acids is 1. The second-order valence-electron chi connectivity index (χ2n) is 3.64. The molecule has 1 N–H and O–H groups in total. The van der Waals surface area contributed by atoms with Gasteiger partial charge in [0.15, 0.2) is 0 Å². The zero-order valence-electron chi connectivity index (χ0n) is 9.55. The van der Waals surface area contributed by atoms with Crippen LogP contribution < -0.4 is 0 Å². The summed E-state index contributed by atoms with van der Waals surface area (Å²) in [5, 5.41) is 9.57. The molecule has 1 aromatic heterocycles. The molecular formula is C13H10FNO2S. The Balaban J connectivity index is 2.22.